The third-order valence-electron chi connectivity index (χ3n) is 12.1. The van der Waals surface area contributed by atoms with Gasteiger partial charge in [0.15, 0.2) is 0 Å². The minimum atomic E-state index is -0.719. The van der Waals surface area contributed by atoms with Gasteiger partial charge in [0.1, 0.15) is 34.0 Å². The summed E-state index contributed by atoms with van der Waals surface area (Å²) in [7, 11) is 4.20. The van der Waals surface area contributed by atoms with Crippen molar-refractivity contribution in [2.45, 2.75) is 64.1 Å². The minimum absolute atomic E-state index is 0.0658. The summed E-state index contributed by atoms with van der Waals surface area (Å²) in [6.07, 6.45) is 16.1. The van der Waals surface area contributed by atoms with Crippen molar-refractivity contribution in [3.8, 4) is 0 Å². The zero-order valence-corrected chi connectivity index (χ0v) is 34.3. The second kappa shape index (κ2) is 15.4. The predicted octanol–water partition coefficient (Wildman–Crippen LogP) is 5.98. The predicted molar refractivity (Wildman–Crippen MR) is 230 cm³/mol. The van der Waals surface area contributed by atoms with Crippen molar-refractivity contribution >= 4 is 90.4 Å². The molecule has 6 aromatic rings. The second-order valence-corrected chi connectivity index (χ2v) is 18.1. The molecule has 0 spiro atoms. The highest BCUT2D eigenvalue weighted by Crippen LogP contribution is 2.42. The Morgan fingerprint density at radius 3 is 1.81 bits per heavy atom. The van der Waals surface area contributed by atoms with E-state index in [1.807, 2.05) is 24.7 Å². The van der Waals surface area contributed by atoms with E-state index in [-0.39, 0.29) is 11.8 Å². The Morgan fingerprint density at radius 2 is 1.29 bits per heavy atom. The van der Waals surface area contributed by atoms with E-state index >= 15 is 0 Å². The van der Waals surface area contributed by atoms with Crippen LogP contribution in [-0.4, -0.2) is 102 Å². The molecular formula is C42H42N12O3S2. The molecule has 0 radical (unpaired) electrons. The molecular weight excluding hydrogens is 785 g/mol. The summed E-state index contributed by atoms with van der Waals surface area (Å²) in [6.45, 7) is 3.01. The first-order valence-corrected chi connectivity index (χ1v) is 21.6. The first-order valence-electron chi connectivity index (χ1n) is 20.0. The second-order valence-electron chi connectivity index (χ2n) is 15.9. The number of nitrogens with zero attached hydrogens (tertiary/aromatic N) is 10. The molecule has 0 aromatic carbocycles. The number of fused-ring (bicyclic) bond motifs is 8. The number of likely N-dealkylation sites (N-methyl/N-ethyl adjacent to an activating group) is 1. The van der Waals surface area contributed by atoms with Crippen molar-refractivity contribution in [3.63, 3.8) is 0 Å². The van der Waals surface area contributed by atoms with Crippen LogP contribution in [0.5, 0.6) is 0 Å². The third-order valence-corrected chi connectivity index (χ3v) is 14.4. The van der Waals surface area contributed by atoms with Crippen molar-refractivity contribution < 1.29 is 14.7 Å². The summed E-state index contributed by atoms with van der Waals surface area (Å²) in [5.41, 5.74) is 8.30. The van der Waals surface area contributed by atoms with Gasteiger partial charge in [0, 0.05) is 58.4 Å². The smallest absolute Gasteiger partial charge is 0.306 e. The number of likely N-dealkylation sites (tertiary alicyclic amines) is 1. The fraction of sp³-hybridized carbons (Fsp3) is 0.381. The fourth-order valence-electron chi connectivity index (χ4n) is 8.83. The molecule has 5 aliphatic rings. The van der Waals surface area contributed by atoms with E-state index in [0.717, 1.165) is 116 Å². The first-order chi connectivity index (χ1) is 28.8. The summed E-state index contributed by atoms with van der Waals surface area (Å²) in [5.74, 6) is 0.919. The Labute approximate surface area is 347 Å². The van der Waals surface area contributed by atoms with Crippen molar-refractivity contribution in [2.75, 3.05) is 37.8 Å². The number of thiophene rings is 2. The number of carbonyl (C=O) groups is 2. The molecule has 3 atom stereocenters. The van der Waals surface area contributed by atoms with Gasteiger partial charge in [0.05, 0.1) is 64.9 Å². The van der Waals surface area contributed by atoms with E-state index in [0.29, 0.717) is 37.9 Å². The van der Waals surface area contributed by atoms with Crippen LogP contribution in [0, 0.1) is 11.8 Å². The zero-order valence-electron chi connectivity index (χ0n) is 32.7. The van der Waals surface area contributed by atoms with Crippen LogP contribution in [0.15, 0.2) is 47.2 Å². The lowest BCUT2D eigenvalue weighted by atomic mass is 9.87. The molecule has 1 saturated heterocycles. The number of carboxylic acids is 1. The van der Waals surface area contributed by atoms with Crippen molar-refractivity contribution in [1.82, 2.24) is 39.7 Å². The van der Waals surface area contributed by atoms with Crippen LogP contribution in [0.2, 0.25) is 0 Å². The summed E-state index contributed by atoms with van der Waals surface area (Å²) in [5, 5.41) is 18.2. The SMILES string of the molecule is CN(C)[C@H]1CCN(C(=O)[C@H]2CCc3c(sc4ncnc(Nc5cnc6c(c5)C=NC6)c34)C2)C1.O=C(O)[C@H]1CCc2c(sc3ncnc(Nc4cnc5c(c4)C=NC5)c23)C1. The minimum Gasteiger partial charge on any atom is -0.481 e. The van der Waals surface area contributed by atoms with Crippen LogP contribution in [-0.2, 0) is 48.4 Å². The standard InChI is InChI=1S/C24H27N7OS.C18H15N5O2S/c1-30(2)17-5-6-31(12-17)24(32)14-3-4-18-20(8-14)33-23-21(18)22(27-13-28-23)29-16-7-15-9-25-11-19(15)26-10-16;24-18(25)9-1-2-12-14(4-9)26-17-15(12)16(21-8-22-17)23-11-3-10-5-19-7-13(10)20-6-11/h7,9-10,13-14,17H,3-6,8,11-12H2,1-2H3,(H,27,28,29);3,5-6,8-9H,1-2,4,7H2,(H,24,25)(H,21,22,23)/t14-,17-;9-/m00/s1. The van der Waals surface area contributed by atoms with E-state index in [9.17, 15) is 14.7 Å². The number of carboxylic acid groups (broad SMARTS) is 1. The lowest BCUT2D eigenvalue weighted by Crippen LogP contribution is -2.39. The maximum Gasteiger partial charge on any atom is 0.306 e. The van der Waals surface area contributed by atoms with Crippen molar-refractivity contribution in [3.05, 3.63) is 80.6 Å². The van der Waals surface area contributed by atoms with Gasteiger partial charge in [-0.25, -0.2) is 19.9 Å². The number of anilines is 4. The molecule has 2 aliphatic carbocycles. The summed E-state index contributed by atoms with van der Waals surface area (Å²) < 4.78 is 0. The van der Waals surface area contributed by atoms with Crippen LogP contribution in [0.4, 0.5) is 23.0 Å². The van der Waals surface area contributed by atoms with Gasteiger partial charge in [-0.2, -0.15) is 0 Å². The van der Waals surface area contributed by atoms with Gasteiger partial charge in [-0.3, -0.25) is 29.5 Å². The molecule has 1 amide bonds. The molecule has 6 aromatic heterocycles. The van der Waals surface area contributed by atoms with Crippen LogP contribution < -0.4 is 10.6 Å². The lowest BCUT2D eigenvalue weighted by molar-refractivity contribution is -0.142. The van der Waals surface area contributed by atoms with Gasteiger partial charge in [-0.05, 0) is 82.3 Å². The van der Waals surface area contributed by atoms with E-state index in [1.165, 1.54) is 16.0 Å². The highest BCUT2D eigenvalue weighted by molar-refractivity contribution is 7.19. The van der Waals surface area contributed by atoms with E-state index in [2.05, 4.69) is 80.5 Å². The number of carbonyl (C=O) groups excluding carboxylic acids is 1. The maximum atomic E-state index is 13.2. The van der Waals surface area contributed by atoms with Gasteiger partial charge in [0.2, 0.25) is 5.91 Å². The van der Waals surface area contributed by atoms with Crippen LogP contribution in [0.25, 0.3) is 20.4 Å². The normalized spacial score (nSPS) is 20.0. The Morgan fingerprint density at radius 1 is 0.746 bits per heavy atom. The summed E-state index contributed by atoms with van der Waals surface area (Å²) >= 11 is 3.28. The van der Waals surface area contributed by atoms with Gasteiger partial charge in [-0.15, -0.1) is 22.7 Å². The number of amides is 1. The highest BCUT2D eigenvalue weighted by Gasteiger charge is 2.35. The topological polar surface area (TPSA) is 187 Å². The largest absolute Gasteiger partial charge is 0.481 e. The van der Waals surface area contributed by atoms with E-state index in [1.54, 1.807) is 41.5 Å². The number of aryl methyl sites for hydroxylation is 2. The number of hydrogen-bond donors (Lipinski definition) is 3. The Balaban J connectivity index is 0.000000147. The molecule has 0 saturated carbocycles. The number of aliphatic imine (C=N–C) groups is 2. The molecule has 17 heteroatoms. The van der Waals surface area contributed by atoms with Gasteiger partial charge in [0.25, 0.3) is 0 Å². The molecule has 3 N–H and O–H groups in total. The third kappa shape index (κ3) is 7.20. The quantitative estimate of drug-likeness (QED) is 0.171. The first kappa shape index (κ1) is 37.5. The van der Waals surface area contributed by atoms with Crippen LogP contribution in [0.3, 0.4) is 0 Å². The molecule has 1 fully saturated rings. The molecule has 15 nitrogen and oxygen atoms in total. The van der Waals surface area contributed by atoms with Crippen LogP contribution >= 0.6 is 22.7 Å². The summed E-state index contributed by atoms with van der Waals surface area (Å²) in [6, 6.07) is 4.56. The average Bonchev–Trinajstić information content (AvgIpc) is 4.09. The Kier molecular flexibility index (Phi) is 9.81. The number of rotatable bonds is 7. The number of hydrogen-bond acceptors (Lipinski definition) is 15. The Hall–Kier alpha value is -5.78. The van der Waals surface area contributed by atoms with E-state index < -0.39 is 5.97 Å². The average molecular weight is 827 g/mol. The lowest BCUT2D eigenvalue weighted by Gasteiger charge is -2.27. The number of aliphatic carboxylic acids is 1. The fourth-order valence-corrected chi connectivity index (χ4v) is 11.4. The molecule has 59 heavy (non-hydrogen) atoms. The molecule has 0 bridgehead atoms. The highest BCUT2D eigenvalue weighted by atomic mass is 32.1. The monoisotopic (exact) mass is 826 g/mol. The molecule has 300 valence electrons. The van der Waals surface area contributed by atoms with Crippen molar-refractivity contribution in [1.29, 1.82) is 0 Å². The van der Waals surface area contributed by atoms with Crippen LogP contribution in [0.1, 0.15) is 62.7 Å². The Bertz CT molecular complexity index is 2710. The molecule has 0 unspecified atom stereocenters. The van der Waals surface area contributed by atoms with Gasteiger partial charge >= 0.3 is 5.97 Å². The number of aromatic nitrogens is 6. The zero-order chi connectivity index (χ0) is 40.2. The van der Waals surface area contributed by atoms with E-state index in [4.69, 9.17) is 0 Å². The van der Waals surface area contributed by atoms with Gasteiger partial charge < -0.3 is 25.5 Å². The molecule has 3 aliphatic heterocycles. The summed E-state index contributed by atoms with van der Waals surface area (Å²) in [4.78, 5) is 68.6. The molecule has 9 heterocycles. The van der Waals surface area contributed by atoms with Crippen molar-refractivity contribution in [2.24, 2.45) is 21.8 Å². The number of nitrogens with one attached hydrogen (secondary N) is 2. The molecule has 11 rings (SSSR count). The maximum absolute atomic E-state index is 13.2. The number of pyridine rings is 2. The van der Waals surface area contributed by atoms with Gasteiger partial charge in [-0.1, -0.05) is 0 Å².